The van der Waals surface area contributed by atoms with Crippen LogP contribution in [-0.2, 0) is 11.2 Å². The highest BCUT2D eigenvalue weighted by atomic mass is 16.5. The summed E-state index contributed by atoms with van der Waals surface area (Å²) in [6.07, 6.45) is 0.962. The minimum absolute atomic E-state index is 0.109. The second kappa shape index (κ2) is 9.46. The lowest BCUT2D eigenvalue weighted by Gasteiger charge is -2.10. The minimum atomic E-state index is -0.337. The third-order valence-corrected chi connectivity index (χ3v) is 3.85. The second-order valence-corrected chi connectivity index (χ2v) is 5.58. The van der Waals surface area contributed by atoms with E-state index in [4.69, 9.17) is 14.2 Å². The van der Waals surface area contributed by atoms with Crippen LogP contribution in [0.2, 0.25) is 0 Å². The zero-order valence-corrected chi connectivity index (χ0v) is 15.5. The summed E-state index contributed by atoms with van der Waals surface area (Å²) < 4.78 is 16.0. The van der Waals surface area contributed by atoms with E-state index in [9.17, 15) is 4.79 Å². The number of nitrogens with one attached hydrogen (secondary N) is 1. The monoisotopic (exact) mass is 356 g/mol. The number of amides is 1. The smallest absolute Gasteiger partial charge is 0.277 e. The first kappa shape index (κ1) is 19.3. The maximum atomic E-state index is 11.9. The molecular formula is C20H24N2O4. The lowest BCUT2D eigenvalue weighted by atomic mass is 10.1. The third kappa shape index (κ3) is 5.24. The Kier molecular flexibility index (Phi) is 7.02. The maximum absolute atomic E-state index is 11.9. The standard InChI is InChI=1S/C20H24N2O4/c1-5-15-6-8-16(9-7-15)26-13-20(23)22-21-14(2)18-11-10-17(24-3)12-19(18)25-4/h6-12H,5,13H2,1-4H3,(H,22,23)/b21-14-. The van der Waals surface area contributed by atoms with Crippen molar-refractivity contribution in [3.05, 3.63) is 53.6 Å². The predicted octanol–water partition coefficient (Wildman–Crippen LogP) is 3.19. The van der Waals surface area contributed by atoms with Crippen LogP contribution in [-0.4, -0.2) is 32.4 Å². The first-order valence-corrected chi connectivity index (χ1v) is 8.34. The average molecular weight is 356 g/mol. The summed E-state index contributed by atoms with van der Waals surface area (Å²) in [6, 6.07) is 13.1. The van der Waals surface area contributed by atoms with Gasteiger partial charge in [-0.3, -0.25) is 4.79 Å². The highest BCUT2D eigenvalue weighted by Gasteiger charge is 2.09. The predicted molar refractivity (Wildman–Crippen MR) is 101 cm³/mol. The number of carbonyl (C=O) groups is 1. The number of aryl methyl sites for hydroxylation is 1. The van der Waals surface area contributed by atoms with Crippen molar-refractivity contribution in [1.82, 2.24) is 5.43 Å². The van der Waals surface area contributed by atoms with Gasteiger partial charge in [-0.05, 0) is 43.2 Å². The molecule has 1 amide bonds. The van der Waals surface area contributed by atoms with Crippen LogP contribution in [0.1, 0.15) is 25.0 Å². The first-order chi connectivity index (χ1) is 12.6. The van der Waals surface area contributed by atoms with Crippen LogP contribution in [0.5, 0.6) is 17.2 Å². The molecule has 0 unspecified atom stereocenters. The Morgan fingerprint density at radius 1 is 1.04 bits per heavy atom. The molecule has 0 saturated carbocycles. The molecule has 2 rings (SSSR count). The van der Waals surface area contributed by atoms with Crippen molar-refractivity contribution in [2.75, 3.05) is 20.8 Å². The van der Waals surface area contributed by atoms with E-state index in [0.29, 0.717) is 23.0 Å². The van der Waals surface area contributed by atoms with Gasteiger partial charge in [0.1, 0.15) is 17.2 Å². The Bertz CT molecular complexity index is 770. The number of hydrogen-bond donors (Lipinski definition) is 1. The van der Waals surface area contributed by atoms with Crippen molar-refractivity contribution in [3.8, 4) is 17.2 Å². The Morgan fingerprint density at radius 3 is 2.35 bits per heavy atom. The van der Waals surface area contributed by atoms with E-state index in [1.54, 1.807) is 27.2 Å². The van der Waals surface area contributed by atoms with E-state index in [0.717, 1.165) is 12.0 Å². The lowest BCUT2D eigenvalue weighted by molar-refractivity contribution is -0.123. The van der Waals surface area contributed by atoms with Gasteiger partial charge in [0.15, 0.2) is 6.61 Å². The molecule has 0 bridgehead atoms. The van der Waals surface area contributed by atoms with Crippen molar-refractivity contribution in [2.45, 2.75) is 20.3 Å². The lowest BCUT2D eigenvalue weighted by Crippen LogP contribution is -2.25. The first-order valence-electron chi connectivity index (χ1n) is 8.34. The molecule has 0 heterocycles. The number of hydrogen-bond acceptors (Lipinski definition) is 5. The molecule has 1 N–H and O–H groups in total. The van der Waals surface area contributed by atoms with Crippen LogP contribution in [0.25, 0.3) is 0 Å². The van der Waals surface area contributed by atoms with Gasteiger partial charge in [0, 0.05) is 11.6 Å². The van der Waals surface area contributed by atoms with Crippen LogP contribution in [0.3, 0.4) is 0 Å². The highest BCUT2D eigenvalue weighted by molar-refractivity contribution is 6.01. The number of methoxy groups -OCH3 is 2. The van der Waals surface area contributed by atoms with Gasteiger partial charge in [0.2, 0.25) is 0 Å². The maximum Gasteiger partial charge on any atom is 0.277 e. The van der Waals surface area contributed by atoms with Crippen LogP contribution < -0.4 is 19.6 Å². The molecule has 0 atom stereocenters. The molecule has 0 aliphatic carbocycles. The third-order valence-electron chi connectivity index (χ3n) is 3.85. The molecule has 0 spiro atoms. The molecule has 0 radical (unpaired) electrons. The van der Waals surface area contributed by atoms with Gasteiger partial charge >= 0.3 is 0 Å². The normalized spacial score (nSPS) is 11.0. The average Bonchev–Trinajstić information content (AvgIpc) is 2.70. The van der Waals surface area contributed by atoms with E-state index in [2.05, 4.69) is 17.5 Å². The van der Waals surface area contributed by atoms with Crippen molar-refractivity contribution in [3.63, 3.8) is 0 Å². The van der Waals surface area contributed by atoms with Crippen LogP contribution in [0.4, 0.5) is 0 Å². The molecule has 0 fully saturated rings. The highest BCUT2D eigenvalue weighted by Crippen LogP contribution is 2.25. The largest absolute Gasteiger partial charge is 0.497 e. The SMILES string of the molecule is CCc1ccc(OCC(=O)N/N=C(/C)c2ccc(OC)cc2OC)cc1. The number of carbonyl (C=O) groups excluding carboxylic acids is 1. The number of rotatable bonds is 8. The van der Waals surface area contributed by atoms with Gasteiger partial charge in [-0.1, -0.05) is 19.1 Å². The molecule has 0 aliphatic heterocycles. The van der Waals surface area contributed by atoms with Crippen molar-refractivity contribution in [1.29, 1.82) is 0 Å². The van der Waals surface area contributed by atoms with E-state index >= 15 is 0 Å². The topological polar surface area (TPSA) is 69.2 Å². The fourth-order valence-corrected chi connectivity index (χ4v) is 2.31. The van der Waals surface area contributed by atoms with Crippen LogP contribution in [0, 0.1) is 0 Å². The fourth-order valence-electron chi connectivity index (χ4n) is 2.31. The molecule has 0 aromatic heterocycles. The Labute approximate surface area is 153 Å². The molecule has 138 valence electrons. The molecule has 26 heavy (non-hydrogen) atoms. The van der Waals surface area contributed by atoms with Gasteiger partial charge in [-0.25, -0.2) is 5.43 Å². The molecule has 6 heteroatoms. The molecule has 6 nitrogen and oxygen atoms in total. The van der Waals surface area contributed by atoms with Crippen molar-refractivity contribution >= 4 is 11.6 Å². The minimum Gasteiger partial charge on any atom is -0.497 e. The summed E-state index contributed by atoms with van der Waals surface area (Å²) in [4.78, 5) is 11.9. The summed E-state index contributed by atoms with van der Waals surface area (Å²) in [6.45, 7) is 3.76. The summed E-state index contributed by atoms with van der Waals surface area (Å²) in [5, 5.41) is 4.11. The zero-order valence-electron chi connectivity index (χ0n) is 15.5. The van der Waals surface area contributed by atoms with Gasteiger partial charge in [0.05, 0.1) is 19.9 Å². The number of nitrogens with zero attached hydrogens (tertiary/aromatic N) is 1. The number of benzene rings is 2. The van der Waals surface area contributed by atoms with Crippen LogP contribution in [0.15, 0.2) is 47.6 Å². The van der Waals surface area contributed by atoms with Crippen molar-refractivity contribution in [2.24, 2.45) is 5.10 Å². The summed E-state index contributed by atoms with van der Waals surface area (Å²) in [5.74, 6) is 1.61. The fraction of sp³-hybridized carbons (Fsp3) is 0.300. The number of hydrazone groups is 1. The van der Waals surface area contributed by atoms with E-state index in [1.165, 1.54) is 5.56 Å². The number of ether oxygens (including phenoxy) is 3. The second-order valence-electron chi connectivity index (χ2n) is 5.58. The molecular weight excluding hydrogens is 332 g/mol. The van der Waals surface area contributed by atoms with Gasteiger partial charge in [-0.15, -0.1) is 0 Å². The van der Waals surface area contributed by atoms with Gasteiger partial charge in [-0.2, -0.15) is 5.10 Å². The summed E-state index contributed by atoms with van der Waals surface area (Å²) in [5.41, 5.74) is 5.09. The van der Waals surface area contributed by atoms with Gasteiger partial charge in [0.25, 0.3) is 5.91 Å². The molecule has 0 aliphatic rings. The van der Waals surface area contributed by atoms with Gasteiger partial charge < -0.3 is 14.2 Å². The van der Waals surface area contributed by atoms with E-state index in [-0.39, 0.29) is 12.5 Å². The van der Waals surface area contributed by atoms with Crippen LogP contribution >= 0.6 is 0 Å². The van der Waals surface area contributed by atoms with Crippen molar-refractivity contribution < 1.29 is 19.0 Å². The van der Waals surface area contributed by atoms with E-state index in [1.807, 2.05) is 36.4 Å². The Hall–Kier alpha value is -3.02. The quantitative estimate of drug-likeness (QED) is 0.583. The van der Waals surface area contributed by atoms with E-state index < -0.39 is 0 Å². The Balaban J connectivity index is 1.94. The Morgan fingerprint density at radius 2 is 1.73 bits per heavy atom. The summed E-state index contributed by atoms with van der Waals surface area (Å²) in [7, 11) is 3.16. The molecule has 2 aromatic carbocycles. The molecule has 0 saturated heterocycles. The summed E-state index contributed by atoms with van der Waals surface area (Å²) >= 11 is 0. The zero-order chi connectivity index (χ0) is 18.9. The molecule has 2 aromatic rings.